The highest BCUT2D eigenvalue weighted by molar-refractivity contribution is 7.88. The summed E-state index contributed by atoms with van der Waals surface area (Å²) < 4.78 is 52.8. The summed E-state index contributed by atoms with van der Waals surface area (Å²) in [5, 5.41) is 2.07. The first-order valence-electron chi connectivity index (χ1n) is 11.7. The molecule has 0 heterocycles. The van der Waals surface area contributed by atoms with Crippen LogP contribution in [0.3, 0.4) is 0 Å². The normalized spacial score (nSPS) is 11.8. The lowest BCUT2D eigenvalue weighted by Crippen LogP contribution is -2.34. The van der Waals surface area contributed by atoms with Crippen molar-refractivity contribution >= 4 is 16.2 Å². The number of rotatable bonds is 19. The molecule has 0 unspecified atom stereocenters. The molecule has 0 spiro atoms. The van der Waals surface area contributed by atoms with Gasteiger partial charge in [-0.15, -0.1) is 0 Å². The quantitative estimate of drug-likeness (QED) is 0.156. The molecule has 1 N–H and O–H groups in total. The molecule has 0 atom stereocenters. The summed E-state index contributed by atoms with van der Waals surface area (Å²) in [6, 6.07) is 0. The fourth-order valence-electron chi connectivity index (χ4n) is 3.08. The maximum Gasteiger partial charge on any atom is 0.470 e. The van der Waals surface area contributed by atoms with E-state index >= 15 is 0 Å². The third kappa shape index (κ3) is 19.2. The lowest BCUT2D eigenvalue weighted by molar-refractivity contribution is -0.154. The maximum atomic E-state index is 11.5. The first kappa shape index (κ1) is 31.4. The fraction of sp³-hybridized carbons (Fsp3) is 0.955. The van der Waals surface area contributed by atoms with Crippen molar-refractivity contribution in [3.8, 4) is 0 Å². The van der Waals surface area contributed by atoms with E-state index in [4.69, 9.17) is 5.11 Å². The lowest BCUT2D eigenvalue weighted by Gasteiger charge is -2.03. The molecule has 0 aliphatic carbocycles. The molecule has 0 aromatic carbocycles. The van der Waals surface area contributed by atoms with E-state index in [9.17, 15) is 25.9 Å². The van der Waals surface area contributed by atoms with E-state index in [2.05, 4.69) is 13.8 Å². The molecule has 30 heavy (non-hydrogen) atoms. The number of unbranched alkanes of at least 4 members (excludes halogenated alkanes) is 17. The fourth-order valence-corrected chi connectivity index (χ4v) is 3.29. The summed E-state index contributed by atoms with van der Waals surface area (Å²) in [7, 11) is -6.33. The van der Waals surface area contributed by atoms with E-state index in [1.165, 1.54) is 116 Å². The van der Waals surface area contributed by atoms with Crippen LogP contribution in [0, 0.1) is 0 Å². The van der Waals surface area contributed by atoms with Gasteiger partial charge in [0.25, 0.3) is 0 Å². The average Bonchev–Trinajstić information content (AvgIpc) is 2.67. The Balaban J connectivity index is 0. The molecule has 0 aliphatic rings. The van der Waals surface area contributed by atoms with Crippen LogP contribution in [-0.2, 0) is 15.0 Å². The Hall–Kier alpha value is -0.790. The van der Waals surface area contributed by atoms with Crippen molar-refractivity contribution in [2.45, 2.75) is 135 Å². The number of carboxylic acid groups (broad SMARTS) is 1. The van der Waals surface area contributed by atoms with Crippen molar-refractivity contribution in [1.82, 2.24) is 0 Å². The zero-order valence-electron chi connectivity index (χ0n) is 18.9. The van der Waals surface area contributed by atoms with Crippen molar-refractivity contribution < 1.29 is 31.0 Å². The SMILES string of the molecule is CCCCCCCCCCCCCCCCCCCC.O=C(O)C(F)(F)S(=O)(=O)F. The van der Waals surface area contributed by atoms with Gasteiger partial charge in [-0.25, -0.2) is 4.79 Å². The summed E-state index contributed by atoms with van der Waals surface area (Å²) in [6.45, 7) is 4.59. The largest absolute Gasteiger partial charge is 0.476 e. The Morgan fingerprint density at radius 1 is 0.633 bits per heavy atom. The van der Waals surface area contributed by atoms with Gasteiger partial charge < -0.3 is 5.11 Å². The number of hydrogen-bond acceptors (Lipinski definition) is 3. The lowest BCUT2D eigenvalue weighted by atomic mass is 10.0. The highest BCUT2D eigenvalue weighted by Gasteiger charge is 2.54. The molecule has 0 fully saturated rings. The zero-order chi connectivity index (χ0) is 23.3. The third-order valence-corrected chi connectivity index (χ3v) is 5.80. The van der Waals surface area contributed by atoms with Gasteiger partial charge in [0, 0.05) is 0 Å². The van der Waals surface area contributed by atoms with Crippen molar-refractivity contribution in [2.24, 2.45) is 0 Å². The topological polar surface area (TPSA) is 71.4 Å². The first-order chi connectivity index (χ1) is 14.1. The molecule has 0 aromatic rings. The third-order valence-electron chi connectivity index (χ3n) is 5.01. The Morgan fingerprint density at radius 3 is 0.933 bits per heavy atom. The van der Waals surface area contributed by atoms with Crippen LogP contribution in [-0.4, -0.2) is 24.7 Å². The van der Waals surface area contributed by atoms with Crippen molar-refractivity contribution in [1.29, 1.82) is 0 Å². The van der Waals surface area contributed by atoms with Gasteiger partial charge in [-0.2, -0.15) is 17.2 Å². The number of hydrogen-bond donors (Lipinski definition) is 1. The molecule has 0 aliphatic heterocycles. The molecule has 0 radical (unpaired) electrons. The van der Waals surface area contributed by atoms with E-state index in [-0.39, 0.29) is 0 Å². The molecule has 0 saturated heterocycles. The second-order valence-corrected chi connectivity index (χ2v) is 9.31. The molecule has 8 heteroatoms. The Kier molecular flexibility index (Phi) is 21.1. The number of alkyl halides is 2. The Labute approximate surface area is 182 Å². The molecule has 0 aromatic heterocycles. The smallest absolute Gasteiger partial charge is 0.470 e. The molecule has 182 valence electrons. The van der Waals surface area contributed by atoms with Crippen LogP contribution >= 0.6 is 0 Å². The monoisotopic (exact) mass is 460 g/mol. The van der Waals surface area contributed by atoms with Crippen molar-refractivity contribution in [3.05, 3.63) is 0 Å². The van der Waals surface area contributed by atoms with Gasteiger partial charge in [-0.1, -0.05) is 133 Å². The predicted molar refractivity (Wildman–Crippen MR) is 117 cm³/mol. The van der Waals surface area contributed by atoms with Gasteiger partial charge in [0.1, 0.15) is 0 Å². The average molecular weight is 461 g/mol. The van der Waals surface area contributed by atoms with Crippen LogP contribution in [0.2, 0.25) is 0 Å². The molecule has 4 nitrogen and oxygen atoms in total. The van der Waals surface area contributed by atoms with Crippen LogP contribution in [0.25, 0.3) is 0 Å². The van der Waals surface area contributed by atoms with Gasteiger partial charge in [-0.3, -0.25) is 0 Å². The Morgan fingerprint density at radius 2 is 0.833 bits per heavy atom. The number of carbonyl (C=O) groups is 1. The standard InChI is InChI=1S/C20H42.C2HF3O4S/c1-3-5-7-9-11-13-15-17-19-20-18-16-14-12-10-8-6-4-2;3-2(4,1(6)7)10(5,8)9/h3-20H2,1-2H3;(H,6,7). The minimum atomic E-state index is -6.33. The van der Waals surface area contributed by atoms with Gasteiger partial charge in [0.2, 0.25) is 0 Å². The van der Waals surface area contributed by atoms with Gasteiger partial charge in [0.05, 0.1) is 0 Å². The summed E-state index contributed by atoms with van der Waals surface area (Å²) in [5.41, 5.74) is 0. The summed E-state index contributed by atoms with van der Waals surface area (Å²) in [4.78, 5) is 9.30. The first-order valence-corrected chi connectivity index (χ1v) is 13.0. The summed E-state index contributed by atoms with van der Waals surface area (Å²) >= 11 is 0. The van der Waals surface area contributed by atoms with Gasteiger partial charge >= 0.3 is 21.4 Å². The highest BCUT2D eigenvalue weighted by Crippen LogP contribution is 2.23. The minimum absolute atomic E-state index is 1.37. The van der Waals surface area contributed by atoms with E-state index < -0.39 is 21.4 Å². The van der Waals surface area contributed by atoms with Crippen LogP contribution in [0.4, 0.5) is 12.7 Å². The van der Waals surface area contributed by atoms with Gasteiger partial charge in [-0.05, 0) is 0 Å². The van der Waals surface area contributed by atoms with Crippen LogP contribution in [0.15, 0.2) is 0 Å². The number of halogens is 3. The van der Waals surface area contributed by atoms with Crippen LogP contribution in [0.1, 0.15) is 129 Å². The summed E-state index contributed by atoms with van der Waals surface area (Å²) in [6.07, 6.45) is 26.4. The van der Waals surface area contributed by atoms with E-state index in [0.29, 0.717) is 0 Å². The molecule has 0 bridgehead atoms. The second-order valence-electron chi connectivity index (χ2n) is 7.92. The number of carboxylic acids is 1. The van der Waals surface area contributed by atoms with Crippen LogP contribution < -0.4 is 0 Å². The minimum Gasteiger partial charge on any atom is -0.476 e. The second kappa shape index (κ2) is 20.1. The molecular formula is C22H43F3O4S. The van der Waals surface area contributed by atoms with Crippen LogP contribution in [0.5, 0.6) is 0 Å². The molecular weight excluding hydrogens is 417 g/mol. The number of aliphatic carboxylic acids is 1. The zero-order valence-corrected chi connectivity index (χ0v) is 19.8. The van der Waals surface area contributed by atoms with E-state index in [1.54, 1.807) is 0 Å². The highest BCUT2D eigenvalue weighted by atomic mass is 32.3. The molecule has 0 rings (SSSR count). The van der Waals surface area contributed by atoms with E-state index in [1.807, 2.05) is 0 Å². The predicted octanol–water partition coefficient (Wildman–Crippen LogP) is 8.01. The maximum absolute atomic E-state index is 11.5. The van der Waals surface area contributed by atoms with Gasteiger partial charge in [0.15, 0.2) is 0 Å². The summed E-state index contributed by atoms with van der Waals surface area (Å²) in [5.74, 6) is -3.03. The molecule has 0 saturated carbocycles. The van der Waals surface area contributed by atoms with Crippen molar-refractivity contribution in [3.63, 3.8) is 0 Å². The molecule has 0 amide bonds. The van der Waals surface area contributed by atoms with Crippen molar-refractivity contribution in [2.75, 3.05) is 0 Å². The van der Waals surface area contributed by atoms with E-state index in [0.717, 1.165) is 0 Å². The Bertz CT molecular complexity index is 479.